The highest BCUT2D eigenvalue weighted by atomic mass is 15.0. The molecule has 1 aromatic heterocycles. The molecule has 0 radical (unpaired) electrons. The minimum atomic E-state index is 0.942. The third-order valence-electron chi connectivity index (χ3n) is 1.51. The summed E-state index contributed by atoms with van der Waals surface area (Å²) in [5.41, 5.74) is 1.12. The van der Waals surface area contributed by atoms with Gasteiger partial charge in [0, 0.05) is 13.2 Å². The molecule has 0 aromatic carbocycles. The summed E-state index contributed by atoms with van der Waals surface area (Å²) in [5, 5.41) is 0. The molecule has 0 saturated carbocycles. The molecule has 1 heterocycles. The summed E-state index contributed by atoms with van der Waals surface area (Å²) in [6, 6.07) is 0. The predicted octanol–water partition coefficient (Wildman–Crippen LogP) is 1.63. The third-order valence-corrected chi connectivity index (χ3v) is 1.51. The Morgan fingerprint density at radius 2 is 2.50 bits per heavy atom. The van der Waals surface area contributed by atoms with Crippen LogP contribution in [0.4, 0.5) is 0 Å². The Morgan fingerprint density at radius 3 is 2.80 bits per heavy atom. The predicted molar refractivity (Wildman–Crippen MR) is 42.7 cm³/mol. The van der Waals surface area contributed by atoms with Gasteiger partial charge in [-0.2, -0.15) is 0 Å². The van der Waals surface area contributed by atoms with Crippen LogP contribution in [0.2, 0.25) is 0 Å². The summed E-state index contributed by atoms with van der Waals surface area (Å²) in [4.78, 5) is 4.29. The zero-order chi connectivity index (χ0) is 7.56. The highest BCUT2D eigenvalue weighted by Gasteiger charge is 1.97. The Hall–Kier alpha value is -1.05. The Labute approximate surface area is 61.2 Å². The number of aryl methyl sites for hydroxylation is 2. The van der Waals surface area contributed by atoms with Crippen molar-refractivity contribution < 1.29 is 0 Å². The summed E-state index contributed by atoms with van der Waals surface area (Å²) >= 11 is 0. The molecule has 0 aliphatic rings. The van der Waals surface area contributed by atoms with Gasteiger partial charge in [0.2, 0.25) is 0 Å². The fourth-order valence-electron chi connectivity index (χ4n) is 0.905. The molecule has 0 amide bonds. The molecule has 0 bridgehead atoms. The van der Waals surface area contributed by atoms with Crippen LogP contribution in [0.3, 0.4) is 0 Å². The highest BCUT2D eigenvalue weighted by molar-refractivity contribution is 5.37. The van der Waals surface area contributed by atoms with Gasteiger partial charge in [-0.3, -0.25) is 0 Å². The zero-order valence-electron chi connectivity index (χ0n) is 6.46. The molecule has 2 heteroatoms. The van der Waals surface area contributed by atoms with Crippen molar-refractivity contribution in [2.24, 2.45) is 7.05 Å². The average molecular weight is 136 g/mol. The second kappa shape index (κ2) is 2.69. The Morgan fingerprint density at radius 1 is 1.80 bits per heavy atom. The normalized spacial score (nSPS) is 9.80. The molecule has 0 aliphatic heterocycles. The lowest BCUT2D eigenvalue weighted by molar-refractivity contribution is 0.897. The van der Waals surface area contributed by atoms with Crippen LogP contribution in [0.1, 0.15) is 18.4 Å². The smallest absolute Gasteiger partial charge is 0.132 e. The van der Waals surface area contributed by atoms with E-state index in [1.165, 1.54) is 0 Å². The van der Waals surface area contributed by atoms with Gasteiger partial charge in [-0.05, 0) is 12.5 Å². The topological polar surface area (TPSA) is 17.8 Å². The molecule has 0 saturated heterocycles. The van der Waals surface area contributed by atoms with E-state index in [0.717, 1.165) is 17.9 Å². The van der Waals surface area contributed by atoms with Crippen LogP contribution in [-0.4, -0.2) is 9.55 Å². The fourth-order valence-corrected chi connectivity index (χ4v) is 0.905. The molecule has 1 aromatic rings. The molecule has 0 fully saturated rings. The van der Waals surface area contributed by atoms with E-state index in [0.29, 0.717) is 0 Å². The molecular weight excluding hydrogens is 124 g/mol. The molecule has 0 spiro atoms. The summed E-state index contributed by atoms with van der Waals surface area (Å²) in [7, 11) is 1.98. The molecule has 0 unspecified atom stereocenters. The van der Waals surface area contributed by atoms with Gasteiger partial charge in [0.05, 0.1) is 5.69 Å². The quantitative estimate of drug-likeness (QED) is 0.604. The Balaban J connectivity index is 3.03. The molecule has 2 nitrogen and oxygen atoms in total. The van der Waals surface area contributed by atoms with Crippen LogP contribution < -0.4 is 0 Å². The lowest BCUT2D eigenvalue weighted by Gasteiger charge is -1.89. The monoisotopic (exact) mass is 136 g/mol. The van der Waals surface area contributed by atoms with Crippen LogP contribution in [0.15, 0.2) is 12.8 Å². The summed E-state index contributed by atoms with van der Waals surface area (Å²) < 4.78 is 1.98. The van der Waals surface area contributed by atoms with Gasteiger partial charge in [-0.15, -0.1) is 0 Å². The van der Waals surface area contributed by atoms with Crippen LogP contribution in [0.25, 0.3) is 6.08 Å². The highest BCUT2D eigenvalue weighted by Crippen LogP contribution is 2.02. The number of hydrogen-bond donors (Lipinski definition) is 0. The van der Waals surface area contributed by atoms with E-state index in [2.05, 4.69) is 18.5 Å². The SMILES string of the molecule is C=Cc1nc(CC)cn1C. The van der Waals surface area contributed by atoms with Crippen LogP contribution in [-0.2, 0) is 13.5 Å². The van der Waals surface area contributed by atoms with Crippen molar-refractivity contribution in [2.45, 2.75) is 13.3 Å². The number of rotatable bonds is 2. The maximum atomic E-state index is 4.29. The van der Waals surface area contributed by atoms with Gasteiger partial charge in [0.25, 0.3) is 0 Å². The standard InChI is InChI=1S/C8H12N2/c1-4-7-6-10(3)8(5-2)9-7/h5-6H,2,4H2,1,3H3. The number of aromatic nitrogens is 2. The minimum Gasteiger partial charge on any atom is -0.334 e. The average Bonchev–Trinajstić information content (AvgIpc) is 2.30. The van der Waals surface area contributed by atoms with E-state index in [1.54, 1.807) is 6.08 Å². The van der Waals surface area contributed by atoms with Gasteiger partial charge in [-0.1, -0.05) is 13.5 Å². The Kier molecular flexibility index (Phi) is 1.90. The van der Waals surface area contributed by atoms with E-state index in [4.69, 9.17) is 0 Å². The second-order valence-corrected chi connectivity index (χ2v) is 2.26. The molecular formula is C8H12N2. The molecule has 1 rings (SSSR count). The van der Waals surface area contributed by atoms with Crippen molar-refractivity contribution in [1.82, 2.24) is 9.55 Å². The van der Waals surface area contributed by atoms with Crippen molar-refractivity contribution in [3.05, 3.63) is 24.3 Å². The minimum absolute atomic E-state index is 0.942. The molecule has 10 heavy (non-hydrogen) atoms. The van der Waals surface area contributed by atoms with Crippen LogP contribution in [0.5, 0.6) is 0 Å². The van der Waals surface area contributed by atoms with E-state index >= 15 is 0 Å². The van der Waals surface area contributed by atoms with E-state index in [-0.39, 0.29) is 0 Å². The van der Waals surface area contributed by atoms with Crippen molar-refractivity contribution in [3.63, 3.8) is 0 Å². The van der Waals surface area contributed by atoms with Crippen molar-refractivity contribution in [3.8, 4) is 0 Å². The van der Waals surface area contributed by atoms with Crippen LogP contribution >= 0.6 is 0 Å². The third kappa shape index (κ3) is 1.10. The number of nitrogens with zero attached hydrogens (tertiary/aromatic N) is 2. The number of hydrogen-bond acceptors (Lipinski definition) is 1. The maximum Gasteiger partial charge on any atom is 0.132 e. The zero-order valence-corrected chi connectivity index (χ0v) is 6.46. The second-order valence-electron chi connectivity index (χ2n) is 2.26. The first-order valence-electron chi connectivity index (χ1n) is 3.42. The van der Waals surface area contributed by atoms with Gasteiger partial charge >= 0.3 is 0 Å². The molecule has 54 valence electrons. The summed E-state index contributed by atoms with van der Waals surface area (Å²) in [6.07, 6.45) is 4.78. The van der Waals surface area contributed by atoms with Crippen LogP contribution in [0, 0.1) is 0 Å². The largest absolute Gasteiger partial charge is 0.334 e. The molecule has 0 atom stereocenters. The first-order valence-corrected chi connectivity index (χ1v) is 3.42. The summed E-state index contributed by atoms with van der Waals surface area (Å²) in [5.74, 6) is 0.942. The van der Waals surface area contributed by atoms with E-state index in [1.807, 2.05) is 17.8 Å². The number of imidazole rings is 1. The van der Waals surface area contributed by atoms with Crippen molar-refractivity contribution in [2.75, 3.05) is 0 Å². The maximum absolute atomic E-state index is 4.29. The first-order chi connectivity index (χ1) is 4.77. The first kappa shape index (κ1) is 7.06. The lowest BCUT2D eigenvalue weighted by atomic mass is 10.4. The lowest BCUT2D eigenvalue weighted by Crippen LogP contribution is -1.87. The summed E-state index contributed by atoms with van der Waals surface area (Å²) in [6.45, 7) is 5.75. The molecule has 0 N–H and O–H groups in total. The fraction of sp³-hybridized carbons (Fsp3) is 0.375. The van der Waals surface area contributed by atoms with Gasteiger partial charge in [0.1, 0.15) is 5.82 Å². The van der Waals surface area contributed by atoms with Gasteiger partial charge in [-0.25, -0.2) is 4.98 Å². The van der Waals surface area contributed by atoms with Crippen molar-refractivity contribution in [1.29, 1.82) is 0 Å². The van der Waals surface area contributed by atoms with Crippen molar-refractivity contribution >= 4 is 6.08 Å². The van der Waals surface area contributed by atoms with Gasteiger partial charge in [0.15, 0.2) is 0 Å². The van der Waals surface area contributed by atoms with E-state index in [9.17, 15) is 0 Å². The molecule has 0 aliphatic carbocycles. The Bertz CT molecular complexity index is 235. The van der Waals surface area contributed by atoms with Gasteiger partial charge < -0.3 is 4.57 Å². The van der Waals surface area contributed by atoms with E-state index < -0.39 is 0 Å².